The zero-order valence-corrected chi connectivity index (χ0v) is 7.90. The molecule has 1 unspecified atom stereocenters. The summed E-state index contributed by atoms with van der Waals surface area (Å²) in [6.07, 6.45) is 4.06. The Labute approximate surface area is 77.6 Å². The normalized spacial score (nSPS) is 21.5. The van der Waals surface area contributed by atoms with Gasteiger partial charge in [0.05, 0.1) is 12.6 Å². The van der Waals surface area contributed by atoms with Crippen LogP contribution in [0.15, 0.2) is 0 Å². The Balaban J connectivity index is 2.39. The number of fused-ring (bicyclic) bond motifs is 1. The molecule has 1 aromatic heterocycles. The number of hydrogen-bond acceptors (Lipinski definition) is 3. The van der Waals surface area contributed by atoms with E-state index in [1.807, 2.05) is 0 Å². The zero-order valence-electron chi connectivity index (χ0n) is 7.90. The molecule has 1 aliphatic heterocycles. The van der Waals surface area contributed by atoms with Crippen LogP contribution in [0, 0.1) is 0 Å². The lowest BCUT2D eigenvalue weighted by molar-refractivity contribution is 0.203. The molecule has 1 aliphatic rings. The van der Waals surface area contributed by atoms with E-state index in [2.05, 4.69) is 21.7 Å². The van der Waals surface area contributed by atoms with Gasteiger partial charge in [-0.2, -0.15) is 0 Å². The summed E-state index contributed by atoms with van der Waals surface area (Å²) in [6.45, 7) is 2.28. The molecule has 4 heteroatoms. The molecule has 2 heterocycles. The van der Waals surface area contributed by atoms with Gasteiger partial charge in [0.25, 0.3) is 0 Å². The Morgan fingerprint density at radius 3 is 3.08 bits per heavy atom. The van der Waals surface area contributed by atoms with E-state index in [1.165, 1.54) is 0 Å². The predicted molar refractivity (Wildman–Crippen MR) is 48.5 cm³/mol. The van der Waals surface area contributed by atoms with E-state index in [-0.39, 0.29) is 12.6 Å². The van der Waals surface area contributed by atoms with Crippen molar-refractivity contribution in [2.75, 3.05) is 6.61 Å². The fourth-order valence-corrected chi connectivity index (χ4v) is 1.99. The van der Waals surface area contributed by atoms with Crippen LogP contribution in [0.4, 0.5) is 0 Å². The highest BCUT2D eigenvalue weighted by atomic mass is 16.3. The minimum absolute atomic E-state index is 0.206. The van der Waals surface area contributed by atoms with Crippen molar-refractivity contribution in [1.29, 1.82) is 0 Å². The summed E-state index contributed by atoms with van der Waals surface area (Å²) in [5.41, 5.74) is 0. The van der Waals surface area contributed by atoms with E-state index < -0.39 is 0 Å². The lowest BCUT2D eigenvalue weighted by Crippen LogP contribution is -2.22. The summed E-state index contributed by atoms with van der Waals surface area (Å²) in [5, 5.41) is 17.4. The smallest absolute Gasteiger partial charge is 0.133 e. The average molecular weight is 181 g/mol. The molecule has 1 atom stereocenters. The number of nitrogens with zero attached hydrogens (tertiary/aromatic N) is 3. The first-order valence-corrected chi connectivity index (χ1v) is 4.90. The Kier molecular flexibility index (Phi) is 2.31. The molecule has 13 heavy (non-hydrogen) atoms. The number of hydrogen-bond donors (Lipinski definition) is 1. The van der Waals surface area contributed by atoms with E-state index in [4.69, 9.17) is 0 Å². The molecule has 0 aromatic carbocycles. The summed E-state index contributed by atoms with van der Waals surface area (Å²) in [4.78, 5) is 0. The van der Waals surface area contributed by atoms with Gasteiger partial charge in [-0.05, 0) is 12.8 Å². The highest BCUT2D eigenvalue weighted by Crippen LogP contribution is 2.24. The SMILES string of the molecule is CCc1nnc2n1C(CO)CCC2. The second kappa shape index (κ2) is 3.46. The second-order valence-electron chi connectivity index (χ2n) is 3.48. The Morgan fingerprint density at radius 1 is 1.54 bits per heavy atom. The van der Waals surface area contributed by atoms with Gasteiger partial charge < -0.3 is 9.67 Å². The minimum Gasteiger partial charge on any atom is -0.394 e. The van der Waals surface area contributed by atoms with Crippen molar-refractivity contribution < 1.29 is 5.11 Å². The molecule has 4 nitrogen and oxygen atoms in total. The number of aliphatic hydroxyl groups excluding tert-OH is 1. The van der Waals surface area contributed by atoms with Crippen LogP contribution in [0.5, 0.6) is 0 Å². The molecule has 0 saturated heterocycles. The third-order valence-corrected chi connectivity index (χ3v) is 2.67. The molecule has 0 radical (unpaired) electrons. The van der Waals surface area contributed by atoms with Gasteiger partial charge in [0, 0.05) is 12.8 Å². The molecule has 0 spiro atoms. The average Bonchev–Trinajstić information content (AvgIpc) is 2.60. The van der Waals surface area contributed by atoms with Crippen molar-refractivity contribution in [1.82, 2.24) is 14.8 Å². The monoisotopic (exact) mass is 181 g/mol. The van der Waals surface area contributed by atoms with Crippen LogP contribution < -0.4 is 0 Å². The van der Waals surface area contributed by atoms with Crippen LogP contribution in [0.1, 0.15) is 37.5 Å². The quantitative estimate of drug-likeness (QED) is 0.731. The summed E-state index contributed by atoms with van der Waals surface area (Å²) in [5.74, 6) is 2.05. The summed E-state index contributed by atoms with van der Waals surface area (Å²) >= 11 is 0. The fourth-order valence-electron chi connectivity index (χ4n) is 1.99. The van der Waals surface area contributed by atoms with Crippen molar-refractivity contribution in [3.8, 4) is 0 Å². The van der Waals surface area contributed by atoms with Gasteiger partial charge in [-0.25, -0.2) is 0 Å². The van der Waals surface area contributed by atoms with Crippen molar-refractivity contribution in [2.24, 2.45) is 0 Å². The summed E-state index contributed by atoms with van der Waals surface area (Å²) in [7, 11) is 0. The van der Waals surface area contributed by atoms with Gasteiger partial charge in [0.15, 0.2) is 0 Å². The first-order chi connectivity index (χ1) is 6.36. The molecule has 72 valence electrons. The van der Waals surface area contributed by atoms with E-state index >= 15 is 0 Å². The van der Waals surface area contributed by atoms with Crippen LogP contribution in [-0.2, 0) is 12.8 Å². The Morgan fingerprint density at radius 2 is 2.38 bits per heavy atom. The molecule has 0 amide bonds. The van der Waals surface area contributed by atoms with E-state index in [0.717, 1.165) is 37.3 Å². The van der Waals surface area contributed by atoms with Gasteiger partial charge in [0.1, 0.15) is 11.6 Å². The van der Waals surface area contributed by atoms with Gasteiger partial charge in [0.2, 0.25) is 0 Å². The largest absolute Gasteiger partial charge is 0.394 e. The minimum atomic E-state index is 0.206. The molecule has 0 aliphatic carbocycles. The number of aromatic nitrogens is 3. The van der Waals surface area contributed by atoms with E-state index in [0.29, 0.717) is 0 Å². The topological polar surface area (TPSA) is 50.9 Å². The van der Waals surface area contributed by atoms with E-state index in [9.17, 15) is 5.11 Å². The van der Waals surface area contributed by atoms with Crippen molar-refractivity contribution in [2.45, 2.75) is 38.6 Å². The first kappa shape index (κ1) is 8.69. The van der Waals surface area contributed by atoms with Gasteiger partial charge in [-0.1, -0.05) is 6.92 Å². The summed E-state index contributed by atoms with van der Waals surface area (Å²) in [6, 6.07) is 0.216. The molecule has 2 rings (SSSR count). The molecule has 0 saturated carbocycles. The molecule has 1 aromatic rings. The maximum Gasteiger partial charge on any atom is 0.133 e. The lowest BCUT2D eigenvalue weighted by Gasteiger charge is -2.23. The number of aliphatic hydroxyl groups is 1. The maximum atomic E-state index is 9.20. The third kappa shape index (κ3) is 1.35. The maximum absolute atomic E-state index is 9.20. The van der Waals surface area contributed by atoms with E-state index in [1.54, 1.807) is 0 Å². The Bertz CT molecular complexity index is 282. The van der Waals surface area contributed by atoms with Gasteiger partial charge in [-0.15, -0.1) is 10.2 Å². The van der Waals surface area contributed by atoms with Gasteiger partial charge >= 0.3 is 0 Å². The lowest BCUT2D eigenvalue weighted by atomic mass is 10.1. The highest BCUT2D eigenvalue weighted by molar-refractivity contribution is 5.02. The van der Waals surface area contributed by atoms with Crippen LogP contribution in [-0.4, -0.2) is 26.5 Å². The molecular weight excluding hydrogens is 166 g/mol. The molecule has 0 bridgehead atoms. The predicted octanol–water partition coefficient (Wildman–Crippen LogP) is 0.710. The third-order valence-electron chi connectivity index (χ3n) is 2.67. The molecule has 1 N–H and O–H groups in total. The fraction of sp³-hybridized carbons (Fsp3) is 0.778. The van der Waals surface area contributed by atoms with Crippen LogP contribution in [0.2, 0.25) is 0 Å². The number of aryl methyl sites for hydroxylation is 2. The van der Waals surface area contributed by atoms with Crippen molar-refractivity contribution in [3.63, 3.8) is 0 Å². The molecular formula is C9H15N3O. The van der Waals surface area contributed by atoms with Crippen molar-refractivity contribution in [3.05, 3.63) is 11.6 Å². The molecule has 0 fully saturated rings. The standard InChI is InChI=1S/C9H15N3O/c1-2-8-10-11-9-5-3-4-7(6-13)12(8)9/h7,13H,2-6H2,1H3. The van der Waals surface area contributed by atoms with Crippen LogP contribution in [0.3, 0.4) is 0 Å². The highest BCUT2D eigenvalue weighted by Gasteiger charge is 2.22. The van der Waals surface area contributed by atoms with Gasteiger partial charge in [-0.3, -0.25) is 0 Å². The van der Waals surface area contributed by atoms with Crippen LogP contribution >= 0.6 is 0 Å². The van der Waals surface area contributed by atoms with Crippen LogP contribution in [0.25, 0.3) is 0 Å². The van der Waals surface area contributed by atoms with Crippen molar-refractivity contribution >= 4 is 0 Å². The Hall–Kier alpha value is -0.900. The second-order valence-corrected chi connectivity index (χ2v) is 3.48. The zero-order chi connectivity index (χ0) is 9.26. The number of rotatable bonds is 2. The first-order valence-electron chi connectivity index (χ1n) is 4.90. The summed E-state index contributed by atoms with van der Waals surface area (Å²) < 4.78 is 2.11.